The summed E-state index contributed by atoms with van der Waals surface area (Å²) in [7, 11) is 0. The lowest BCUT2D eigenvalue weighted by atomic mass is 9.89. The normalized spacial score (nSPS) is 34.6. The Morgan fingerprint density at radius 1 is 1.24 bits per heavy atom. The number of nitrogens with one attached hydrogen (secondary N) is 1. The van der Waals surface area contributed by atoms with Crippen LogP contribution < -0.4 is 5.32 Å². The smallest absolute Gasteiger partial charge is 0.0553 e. The Morgan fingerprint density at radius 3 is 2.47 bits per heavy atom. The monoisotopic (exact) mass is 240 g/mol. The lowest BCUT2D eigenvalue weighted by molar-refractivity contribution is 0.0313. The molecule has 1 saturated heterocycles. The third-order valence-corrected chi connectivity index (χ3v) is 4.46. The minimum Gasteiger partial charge on any atom is -0.393 e. The van der Waals surface area contributed by atoms with E-state index in [-0.39, 0.29) is 6.10 Å². The maximum atomic E-state index is 9.86. The second-order valence-corrected chi connectivity index (χ2v) is 6.09. The molecule has 0 bridgehead atoms. The summed E-state index contributed by atoms with van der Waals surface area (Å²) in [5.41, 5.74) is 0. The van der Waals surface area contributed by atoms with Crippen LogP contribution in [0.2, 0.25) is 0 Å². The Morgan fingerprint density at radius 2 is 1.94 bits per heavy atom. The van der Waals surface area contributed by atoms with Crippen molar-refractivity contribution in [2.75, 3.05) is 13.1 Å². The Bertz CT molecular complexity index is 240. The van der Waals surface area contributed by atoms with Gasteiger partial charge in [0.05, 0.1) is 6.10 Å². The summed E-state index contributed by atoms with van der Waals surface area (Å²) in [6, 6.07) is 2.00. The SMILES string of the molecule is CCC(C)N1CC(NC2CC2)CC(C(C)O)C1. The highest BCUT2D eigenvalue weighted by atomic mass is 16.3. The second kappa shape index (κ2) is 5.68. The molecule has 2 rings (SSSR count). The van der Waals surface area contributed by atoms with Crippen LogP contribution in [0.15, 0.2) is 0 Å². The molecule has 2 N–H and O–H groups in total. The maximum Gasteiger partial charge on any atom is 0.0553 e. The first-order chi connectivity index (χ1) is 8.10. The van der Waals surface area contributed by atoms with Crippen LogP contribution in [-0.2, 0) is 0 Å². The molecule has 3 heteroatoms. The quantitative estimate of drug-likeness (QED) is 0.766. The van der Waals surface area contributed by atoms with Crippen LogP contribution >= 0.6 is 0 Å². The summed E-state index contributed by atoms with van der Waals surface area (Å²) in [6.07, 6.45) is 4.85. The molecule has 3 nitrogen and oxygen atoms in total. The van der Waals surface area contributed by atoms with E-state index in [9.17, 15) is 5.11 Å². The minimum atomic E-state index is -0.176. The van der Waals surface area contributed by atoms with Gasteiger partial charge in [0.1, 0.15) is 0 Å². The van der Waals surface area contributed by atoms with Crippen molar-refractivity contribution in [3.8, 4) is 0 Å². The third kappa shape index (κ3) is 3.67. The summed E-state index contributed by atoms with van der Waals surface area (Å²) in [5.74, 6) is 0.439. The van der Waals surface area contributed by atoms with Crippen molar-refractivity contribution >= 4 is 0 Å². The zero-order valence-electron chi connectivity index (χ0n) is 11.5. The lowest BCUT2D eigenvalue weighted by Crippen LogP contribution is -2.54. The topological polar surface area (TPSA) is 35.5 Å². The van der Waals surface area contributed by atoms with Gasteiger partial charge in [0, 0.05) is 31.2 Å². The van der Waals surface area contributed by atoms with E-state index >= 15 is 0 Å². The lowest BCUT2D eigenvalue weighted by Gasteiger charge is -2.42. The molecule has 4 unspecified atom stereocenters. The first kappa shape index (κ1) is 13.3. The molecule has 1 saturated carbocycles. The van der Waals surface area contributed by atoms with Crippen LogP contribution in [0.4, 0.5) is 0 Å². The zero-order chi connectivity index (χ0) is 12.4. The predicted octanol–water partition coefficient (Wildman–Crippen LogP) is 1.61. The van der Waals surface area contributed by atoms with Crippen LogP contribution in [-0.4, -0.2) is 47.3 Å². The van der Waals surface area contributed by atoms with Crippen molar-refractivity contribution in [3.63, 3.8) is 0 Å². The van der Waals surface area contributed by atoms with Gasteiger partial charge in [0.25, 0.3) is 0 Å². The second-order valence-electron chi connectivity index (χ2n) is 6.09. The number of likely N-dealkylation sites (tertiary alicyclic amines) is 1. The molecule has 0 aromatic heterocycles. The molecule has 17 heavy (non-hydrogen) atoms. The van der Waals surface area contributed by atoms with E-state index in [1.54, 1.807) is 0 Å². The van der Waals surface area contributed by atoms with Crippen LogP contribution in [0.25, 0.3) is 0 Å². The van der Waals surface area contributed by atoms with E-state index in [4.69, 9.17) is 0 Å². The standard InChI is InChI=1S/C14H28N2O/c1-4-10(2)16-8-12(11(3)17)7-14(9-16)15-13-5-6-13/h10-15,17H,4-9H2,1-3H3. The molecule has 100 valence electrons. The molecular formula is C14H28N2O. The number of hydrogen-bond acceptors (Lipinski definition) is 3. The highest BCUT2D eigenvalue weighted by Crippen LogP contribution is 2.26. The first-order valence-electron chi connectivity index (χ1n) is 7.28. The molecule has 0 aromatic carbocycles. The molecule has 1 aliphatic carbocycles. The molecule has 1 aliphatic heterocycles. The summed E-state index contributed by atoms with van der Waals surface area (Å²) in [5, 5.41) is 13.6. The Labute approximate surface area is 106 Å². The Hall–Kier alpha value is -0.120. The summed E-state index contributed by atoms with van der Waals surface area (Å²) < 4.78 is 0. The van der Waals surface area contributed by atoms with E-state index in [1.165, 1.54) is 19.3 Å². The largest absolute Gasteiger partial charge is 0.393 e. The maximum absolute atomic E-state index is 9.86. The molecule has 1 heterocycles. The van der Waals surface area contributed by atoms with Gasteiger partial charge < -0.3 is 10.4 Å². The van der Waals surface area contributed by atoms with Gasteiger partial charge in [-0.25, -0.2) is 0 Å². The number of aliphatic hydroxyl groups excluding tert-OH is 1. The van der Waals surface area contributed by atoms with Crippen LogP contribution in [0.1, 0.15) is 46.5 Å². The van der Waals surface area contributed by atoms with Crippen molar-refractivity contribution < 1.29 is 5.11 Å². The number of hydrogen-bond donors (Lipinski definition) is 2. The van der Waals surface area contributed by atoms with Gasteiger partial charge >= 0.3 is 0 Å². The molecule has 0 amide bonds. The van der Waals surface area contributed by atoms with Crippen molar-refractivity contribution in [2.24, 2.45) is 5.92 Å². The predicted molar refractivity (Wildman–Crippen MR) is 71.1 cm³/mol. The van der Waals surface area contributed by atoms with Crippen molar-refractivity contribution in [2.45, 2.75) is 70.7 Å². The van der Waals surface area contributed by atoms with Crippen LogP contribution in [0.5, 0.6) is 0 Å². The highest BCUT2D eigenvalue weighted by molar-refractivity contribution is 4.92. The summed E-state index contributed by atoms with van der Waals surface area (Å²) in [6.45, 7) is 8.72. The number of nitrogens with zero attached hydrogens (tertiary/aromatic N) is 1. The molecule has 4 atom stereocenters. The third-order valence-electron chi connectivity index (χ3n) is 4.46. The molecule has 0 radical (unpaired) electrons. The van der Waals surface area contributed by atoms with Gasteiger partial charge in [0.15, 0.2) is 0 Å². The van der Waals surface area contributed by atoms with E-state index in [1.807, 2.05) is 6.92 Å². The fourth-order valence-electron chi connectivity index (χ4n) is 2.85. The van der Waals surface area contributed by atoms with Crippen LogP contribution in [0.3, 0.4) is 0 Å². The number of aliphatic hydroxyl groups is 1. The minimum absolute atomic E-state index is 0.176. The van der Waals surface area contributed by atoms with Gasteiger partial charge in [-0.3, -0.25) is 4.90 Å². The first-order valence-corrected chi connectivity index (χ1v) is 7.28. The van der Waals surface area contributed by atoms with Crippen molar-refractivity contribution in [3.05, 3.63) is 0 Å². The summed E-state index contributed by atoms with van der Waals surface area (Å²) >= 11 is 0. The van der Waals surface area contributed by atoms with Crippen molar-refractivity contribution in [1.82, 2.24) is 10.2 Å². The Balaban J connectivity index is 1.93. The molecule has 0 aromatic rings. The van der Waals surface area contributed by atoms with Gasteiger partial charge in [-0.05, 0) is 45.4 Å². The fourth-order valence-corrected chi connectivity index (χ4v) is 2.85. The van der Waals surface area contributed by atoms with Gasteiger partial charge in [-0.1, -0.05) is 6.92 Å². The zero-order valence-corrected chi connectivity index (χ0v) is 11.5. The van der Waals surface area contributed by atoms with E-state index < -0.39 is 0 Å². The van der Waals surface area contributed by atoms with E-state index in [0.29, 0.717) is 18.0 Å². The van der Waals surface area contributed by atoms with Gasteiger partial charge in [-0.15, -0.1) is 0 Å². The van der Waals surface area contributed by atoms with E-state index in [2.05, 4.69) is 24.1 Å². The molecule has 2 fully saturated rings. The van der Waals surface area contributed by atoms with Crippen LogP contribution in [0, 0.1) is 5.92 Å². The van der Waals surface area contributed by atoms with Crippen molar-refractivity contribution in [1.29, 1.82) is 0 Å². The molecular weight excluding hydrogens is 212 g/mol. The van der Waals surface area contributed by atoms with E-state index in [0.717, 1.165) is 25.6 Å². The number of rotatable bonds is 5. The van der Waals surface area contributed by atoms with Gasteiger partial charge in [0.2, 0.25) is 0 Å². The fraction of sp³-hybridized carbons (Fsp3) is 1.00. The number of piperidine rings is 1. The average molecular weight is 240 g/mol. The average Bonchev–Trinajstić information content (AvgIpc) is 3.11. The summed E-state index contributed by atoms with van der Waals surface area (Å²) in [4.78, 5) is 2.56. The van der Waals surface area contributed by atoms with Gasteiger partial charge in [-0.2, -0.15) is 0 Å². The molecule has 2 aliphatic rings. The molecule has 0 spiro atoms. The Kier molecular flexibility index (Phi) is 4.45. The highest BCUT2D eigenvalue weighted by Gasteiger charge is 2.34.